The van der Waals surface area contributed by atoms with Crippen LogP contribution in [0.5, 0.6) is 0 Å². The highest BCUT2D eigenvalue weighted by molar-refractivity contribution is 5.97. The number of hydrogen-bond donors (Lipinski definition) is 2. The molecule has 1 heterocycles. The number of benzene rings is 2. The van der Waals surface area contributed by atoms with Crippen LogP contribution < -0.4 is 11.1 Å². The smallest absolute Gasteiger partial charge is 0.307 e. The normalized spacial score (nSPS) is 12.1. The quantitative estimate of drug-likeness (QED) is 0.518. The second kappa shape index (κ2) is 7.80. The number of aryl methyl sites for hydroxylation is 3. The van der Waals surface area contributed by atoms with Crippen molar-refractivity contribution in [3.8, 4) is 0 Å². The Morgan fingerprint density at radius 1 is 1.26 bits per heavy atom. The zero-order valence-corrected chi connectivity index (χ0v) is 16.0. The number of carboxylic acid groups (broad SMARTS) is 1. The molecular formula is C21H25N3O3. The summed E-state index contributed by atoms with van der Waals surface area (Å²) in [4.78, 5) is 16.6. The molecule has 0 spiro atoms. The number of nitrogens with two attached hydrogens (primary N) is 1. The summed E-state index contributed by atoms with van der Waals surface area (Å²) in [6, 6.07) is 9.84. The zero-order chi connectivity index (χ0) is 19.6. The van der Waals surface area contributed by atoms with Gasteiger partial charge in [0.25, 0.3) is 0 Å². The predicted molar refractivity (Wildman–Crippen MR) is 107 cm³/mol. The maximum atomic E-state index is 11.4. The molecule has 0 atom stereocenters. The first-order valence-electron chi connectivity index (χ1n) is 9.03. The summed E-state index contributed by atoms with van der Waals surface area (Å²) in [6.45, 7) is 5.51. The van der Waals surface area contributed by atoms with Gasteiger partial charge in [-0.15, -0.1) is 0 Å². The van der Waals surface area contributed by atoms with Crippen molar-refractivity contribution in [2.24, 2.45) is 10.9 Å². The standard InChI is InChI=1S/C21H25N3O3/c1-13-8-9-16-20(23-27-3)19-15(12-18(25)26)6-4-7-17(19)24(11-5-10-22)21(16)14(13)2/h4,6-9H,5,10-12,22H2,1-3H3,(H,25,26). The van der Waals surface area contributed by atoms with E-state index in [2.05, 4.69) is 29.6 Å². The first-order valence-corrected chi connectivity index (χ1v) is 9.03. The largest absolute Gasteiger partial charge is 0.481 e. The molecule has 3 aromatic rings. The van der Waals surface area contributed by atoms with Crippen molar-refractivity contribution in [2.75, 3.05) is 13.7 Å². The molecule has 0 fully saturated rings. The average molecular weight is 367 g/mol. The Balaban J connectivity index is 2.58. The Bertz CT molecular complexity index is 1080. The van der Waals surface area contributed by atoms with Gasteiger partial charge >= 0.3 is 5.97 Å². The van der Waals surface area contributed by atoms with Crippen LogP contribution in [0.1, 0.15) is 23.1 Å². The van der Waals surface area contributed by atoms with E-state index in [0.717, 1.165) is 40.3 Å². The van der Waals surface area contributed by atoms with Gasteiger partial charge in [0.15, 0.2) is 0 Å². The molecule has 142 valence electrons. The van der Waals surface area contributed by atoms with Crippen LogP contribution in [0.2, 0.25) is 0 Å². The lowest BCUT2D eigenvalue weighted by Gasteiger charge is -2.20. The van der Waals surface area contributed by atoms with Crippen LogP contribution >= 0.6 is 0 Å². The Labute approximate surface area is 157 Å². The molecule has 6 heteroatoms. The van der Waals surface area contributed by atoms with Crippen molar-refractivity contribution in [3.05, 3.63) is 52.4 Å². The Kier molecular flexibility index (Phi) is 5.46. The van der Waals surface area contributed by atoms with Crippen molar-refractivity contribution in [2.45, 2.75) is 33.2 Å². The van der Waals surface area contributed by atoms with Crippen LogP contribution in [0.15, 0.2) is 35.5 Å². The van der Waals surface area contributed by atoms with Crippen LogP contribution in [0.3, 0.4) is 0 Å². The lowest BCUT2D eigenvalue weighted by Crippen LogP contribution is -2.18. The Morgan fingerprint density at radius 2 is 2.04 bits per heavy atom. The number of carboxylic acids is 1. The molecule has 0 saturated carbocycles. The number of aliphatic carboxylic acids is 1. The molecule has 0 aliphatic heterocycles. The molecule has 3 N–H and O–H groups in total. The minimum absolute atomic E-state index is 0.0726. The van der Waals surface area contributed by atoms with Gasteiger partial charge < -0.3 is 20.2 Å². The van der Waals surface area contributed by atoms with E-state index in [4.69, 9.17) is 10.6 Å². The highest BCUT2D eigenvalue weighted by Gasteiger charge is 2.16. The van der Waals surface area contributed by atoms with Crippen LogP contribution in [-0.2, 0) is 22.6 Å². The number of pyridine rings is 1. The first kappa shape index (κ1) is 18.9. The third-order valence-corrected chi connectivity index (χ3v) is 4.99. The van der Waals surface area contributed by atoms with Gasteiger partial charge in [0.1, 0.15) is 12.5 Å². The SMILES string of the molecule is CON=c1c2ccc(C)c(C)c2n(CCCN)c2cccc(CC(=O)O)c12. The fourth-order valence-electron chi connectivity index (χ4n) is 3.66. The number of nitrogens with zero attached hydrogens (tertiary/aromatic N) is 2. The third-order valence-electron chi connectivity index (χ3n) is 4.99. The number of aromatic nitrogens is 1. The zero-order valence-electron chi connectivity index (χ0n) is 16.0. The predicted octanol–water partition coefficient (Wildman–Crippen LogP) is 2.85. The minimum atomic E-state index is -0.875. The molecule has 0 radical (unpaired) electrons. The monoisotopic (exact) mass is 367 g/mol. The topological polar surface area (TPSA) is 89.8 Å². The molecule has 2 aromatic carbocycles. The molecule has 0 saturated heterocycles. The van der Waals surface area contributed by atoms with Crippen LogP contribution in [0.4, 0.5) is 0 Å². The van der Waals surface area contributed by atoms with Crippen LogP contribution in [0, 0.1) is 13.8 Å². The van der Waals surface area contributed by atoms with Gasteiger partial charge in [0.05, 0.1) is 17.5 Å². The molecule has 0 bridgehead atoms. The Morgan fingerprint density at radius 3 is 2.70 bits per heavy atom. The van der Waals surface area contributed by atoms with Gasteiger partial charge in [-0.2, -0.15) is 0 Å². The van der Waals surface area contributed by atoms with Crippen LogP contribution in [-0.4, -0.2) is 29.3 Å². The second-order valence-corrected chi connectivity index (χ2v) is 6.70. The molecular weight excluding hydrogens is 342 g/mol. The summed E-state index contributed by atoms with van der Waals surface area (Å²) in [5.41, 5.74) is 10.9. The molecule has 1 aromatic heterocycles. The van der Waals surface area contributed by atoms with E-state index >= 15 is 0 Å². The summed E-state index contributed by atoms with van der Waals surface area (Å²) in [7, 11) is 1.51. The highest BCUT2D eigenvalue weighted by atomic mass is 16.6. The van der Waals surface area contributed by atoms with Gasteiger partial charge in [0, 0.05) is 17.3 Å². The summed E-state index contributed by atoms with van der Waals surface area (Å²) >= 11 is 0. The van der Waals surface area contributed by atoms with Gasteiger partial charge in [-0.25, -0.2) is 0 Å². The van der Waals surface area contributed by atoms with Crippen molar-refractivity contribution in [3.63, 3.8) is 0 Å². The van der Waals surface area contributed by atoms with Crippen molar-refractivity contribution in [1.29, 1.82) is 0 Å². The lowest BCUT2D eigenvalue weighted by atomic mass is 9.98. The number of rotatable bonds is 6. The highest BCUT2D eigenvalue weighted by Crippen LogP contribution is 2.26. The lowest BCUT2D eigenvalue weighted by molar-refractivity contribution is -0.136. The molecule has 6 nitrogen and oxygen atoms in total. The second-order valence-electron chi connectivity index (χ2n) is 6.70. The van der Waals surface area contributed by atoms with E-state index in [0.29, 0.717) is 11.9 Å². The van der Waals surface area contributed by atoms with Crippen molar-refractivity contribution >= 4 is 27.8 Å². The molecule has 0 aliphatic carbocycles. The molecule has 27 heavy (non-hydrogen) atoms. The maximum absolute atomic E-state index is 11.4. The fraction of sp³-hybridized carbons (Fsp3) is 0.333. The van der Waals surface area contributed by atoms with E-state index < -0.39 is 5.97 Å². The summed E-state index contributed by atoms with van der Waals surface area (Å²) in [5.74, 6) is -0.875. The van der Waals surface area contributed by atoms with Crippen molar-refractivity contribution in [1.82, 2.24) is 4.57 Å². The van der Waals surface area contributed by atoms with Crippen LogP contribution in [0.25, 0.3) is 21.8 Å². The van der Waals surface area contributed by atoms with Gasteiger partial charge in [-0.05, 0) is 49.6 Å². The summed E-state index contributed by atoms with van der Waals surface area (Å²) in [6.07, 6.45) is 0.753. The summed E-state index contributed by atoms with van der Waals surface area (Å²) < 4.78 is 2.24. The Hall–Kier alpha value is -2.86. The van der Waals surface area contributed by atoms with Gasteiger partial charge in [0.2, 0.25) is 0 Å². The van der Waals surface area contributed by atoms with E-state index in [1.807, 2.05) is 24.3 Å². The fourth-order valence-corrected chi connectivity index (χ4v) is 3.66. The molecule has 0 unspecified atom stereocenters. The van der Waals surface area contributed by atoms with E-state index in [9.17, 15) is 9.90 Å². The van der Waals surface area contributed by atoms with Gasteiger partial charge in [-0.3, -0.25) is 4.79 Å². The third kappa shape index (κ3) is 3.40. The first-order chi connectivity index (χ1) is 13.0. The number of hydrogen-bond acceptors (Lipinski definition) is 4. The average Bonchev–Trinajstić information content (AvgIpc) is 2.63. The minimum Gasteiger partial charge on any atom is -0.481 e. The number of carbonyl (C=O) groups is 1. The van der Waals surface area contributed by atoms with E-state index in [-0.39, 0.29) is 6.42 Å². The molecule has 0 amide bonds. The maximum Gasteiger partial charge on any atom is 0.307 e. The number of fused-ring (bicyclic) bond motifs is 2. The molecule has 0 aliphatic rings. The van der Waals surface area contributed by atoms with E-state index in [1.165, 1.54) is 18.2 Å². The summed E-state index contributed by atoms with van der Waals surface area (Å²) in [5, 5.41) is 16.1. The van der Waals surface area contributed by atoms with Gasteiger partial charge in [-0.1, -0.05) is 29.4 Å². The molecule has 3 rings (SSSR count). The van der Waals surface area contributed by atoms with Crippen molar-refractivity contribution < 1.29 is 14.7 Å². The van der Waals surface area contributed by atoms with E-state index in [1.54, 1.807) is 0 Å².